The van der Waals surface area contributed by atoms with Gasteiger partial charge in [0.05, 0.1) is 0 Å². The van der Waals surface area contributed by atoms with E-state index >= 15 is 0 Å². The zero-order chi connectivity index (χ0) is 15.6. The Hall–Kier alpha value is -1.31. The average molecular weight is 376 g/mol. The van der Waals surface area contributed by atoms with Gasteiger partial charge in [-0.1, -0.05) is 28.1 Å². The minimum Gasteiger partial charge on any atom is -0.207 e. The molecule has 7 heteroatoms. The van der Waals surface area contributed by atoms with Gasteiger partial charge >= 0.3 is 0 Å². The summed E-state index contributed by atoms with van der Waals surface area (Å²) >= 11 is 3.29. The Morgan fingerprint density at radius 3 is 2.29 bits per heavy atom. The van der Waals surface area contributed by atoms with Gasteiger partial charge in [0, 0.05) is 16.6 Å². The Morgan fingerprint density at radius 2 is 1.71 bits per heavy atom. The zero-order valence-electron chi connectivity index (χ0n) is 11.0. The van der Waals surface area contributed by atoms with Crippen molar-refractivity contribution in [2.45, 2.75) is 17.9 Å². The van der Waals surface area contributed by atoms with Crippen LogP contribution in [0.2, 0.25) is 0 Å². The highest BCUT2D eigenvalue weighted by atomic mass is 79.9. The van der Waals surface area contributed by atoms with Crippen LogP contribution in [-0.4, -0.2) is 8.42 Å². The summed E-state index contributed by atoms with van der Waals surface area (Å²) in [6.45, 7) is 1.64. The van der Waals surface area contributed by atoms with Gasteiger partial charge in [-0.3, -0.25) is 0 Å². The Balaban J connectivity index is 2.26. The van der Waals surface area contributed by atoms with Crippen LogP contribution in [0.1, 0.15) is 18.5 Å². The molecule has 2 aromatic rings. The lowest BCUT2D eigenvalue weighted by molar-refractivity contribution is 0.536. The molecule has 0 radical (unpaired) electrons. The summed E-state index contributed by atoms with van der Waals surface area (Å²) in [6.07, 6.45) is 0. The van der Waals surface area contributed by atoms with Gasteiger partial charge in [0.15, 0.2) is 0 Å². The molecule has 2 rings (SSSR count). The van der Waals surface area contributed by atoms with Crippen LogP contribution in [0.5, 0.6) is 0 Å². The number of rotatable bonds is 4. The van der Waals surface area contributed by atoms with Crippen LogP contribution in [-0.2, 0) is 10.0 Å². The lowest BCUT2D eigenvalue weighted by atomic mass is 10.1. The second-order valence-corrected chi connectivity index (χ2v) is 7.07. The standard InChI is InChI=1S/C14H12BrF2NO2S/c1-9(10-2-4-11(15)5-3-10)18-21(19,20)14-7-6-12(16)8-13(14)17/h2-9,18H,1H3. The first-order valence-electron chi connectivity index (χ1n) is 6.02. The molecular weight excluding hydrogens is 364 g/mol. The molecule has 112 valence electrons. The smallest absolute Gasteiger partial charge is 0.207 e. The maximum Gasteiger partial charge on any atom is 0.244 e. The summed E-state index contributed by atoms with van der Waals surface area (Å²) < 4.78 is 53.9. The number of benzene rings is 2. The van der Waals surface area contributed by atoms with Gasteiger partial charge in [-0.15, -0.1) is 0 Å². The number of hydrogen-bond acceptors (Lipinski definition) is 2. The molecule has 0 aliphatic heterocycles. The quantitative estimate of drug-likeness (QED) is 0.883. The maximum absolute atomic E-state index is 13.6. The predicted molar refractivity (Wildman–Crippen MR) is 79.2 cm³/mol. The van der Waals surface area contributed by atoms with Gasteiger partial charge in [0.25, 0.3) is 0 Å². The fourth-order valence-electron chi connectivity index (χ4n) is 1.81. The maximum atomic E-state index is 13.6. The van der Waals surface area contributed by atoms with Gasteiger partial charge in [-0.2, -0.15) is 0 Å². The third-order valence-corrected chi connectivity index (χ3v) is 4.99. The van der Waals surface area contributed by atoms with Gasteiger partial charge < -0.3 is 0 Å². The minimum absolute atomic E-state index is 0.541. The predicted octanol–water partition coefficient (Wildman–Crippen LogP) is 3.77. The molecule has 0 saturated carbocycles. The third-order valence-electron chi connectivity index (χ3n) is 2.89. The van der Waals surface area contributed by atoms with E-state index in [9.17, 15) is 17.2 Å². The Morgan fingerprint density at radius 1 is 1.10 bits per heavy atom. The topological polar surface area (TPSA) is 46.2 Å². The fraction of sp³-hybridized carbons (Fsp3) is 0.143. The highest BCUT2D eigenvalue weighted by molar-refractivity contribution is 9.10. The van der Waals surface area contributed by atoms with Crippen molar-refractivity contribution in [1.82, 2.24) is 4.72 Å². The molecule has 1 unspecified atom stereocenters. The second-order valence-electron chi connectivity index (χ2n) is 4.47. The van der Waals surface area contributed by atoms with Crippen LogP contribution < -0.4 is 4.72 Å². The highest BCUT2D eigenvalue weighted by Crippen LogP contribution is 2.21. The molecule has 0 saturated heterocycles. The van der Waals surface area contributed by atoms with Crippen LogP contribution >= 0.6 is 15.9 Å². The number of halogens is 3. The van der Waals surface area contributed by atoms with Crippen LogP contribution in [0.3, 0.4) is 0 Å². The van der Waals surface area contributed by atoms with E-state index in [1.807, 2.05) is 0 Å². The molecule has 0 fully saturated rings. The fourth-order valence-corrected chi connectivity index (χ4v) is 3.36. The Kier molecular flexibility index (Phi) is 4.75. The van der Waals surface area contributed by atoms with Crippen molar-refractivity contribution < 1.29 is 17.2 Å². The molecular formula is C14H12BrF2NO2S. The molecule has 2 aromatic carbocycles. The highest BCUT2D eigenvalue weighted by Gasteiger charge is 2.22. The first-order chi connectivity index (χ1) is 9.79. The molecule has 0 heterocycles. The van der Waals surface area contributed by atoms with Crippen LogP contribution in [0, 0.1) is 11.6 Å². The van der Waals surface area contributed by atoms with E-state index in [1.165, 1.54) is 0 Å². The third kappa shape index (κ3) is 3.87. The van der Waals surface area contributed by atoms with E-state index in [0.29, 0.717) is 6.07 Å². The van der Waals surface area contributed by atoms with E-state index in [0.717, 1.165) is 22.2 Å². The zero-order valence-corrected chi connectivity index (χ0v) is 13.4. The van der Waals surface area contributed by atoms with Crippen molar-refractivity contribution in [2.24, 2.45) is 0 Å². The SMILES string of the molecule is CC(NS(=O)(=O)c1ccc(F)cc1F)c1ccc(Br)cc1. The summed E-state index contributed by atoms with van der Waals surface area (Å²) in [5.41, 5.74) is 0.726. The molecule has 21 heavy (non-hydrogen) atoms. The molecule has 1 N–H and O–H groups in total. The van der Waals surface area contributed by atoms with E-state index in [1.54, 1.807) is 31.2 Å². The van der Waals surface area contributed by atoms with Gasteiger partial charge in [-0.25, -0.2) is 21.9 Å². The van der Waals surface area contributed by atoms with E-state index in [-0.39, 0.29) is 0 Å². The van der Waals surface area contributed by atoms with Gasteiger partial charge in [0.2, 0.25) is 10.0 Å². The summed E-state index contributed by atoms with van der Waals surface area (Å²) in [7, 11) is -4.07. The first kappa shape index (κ1) is 16.1. The largest absolute Gasteiger partial charge is 0.244 e. The Bertz CT molecular complexity index is 748. The Labute approximate surface area is 130 Å². The van der Waals surface area contributed by atoms with Crippen molar-refractivity contribution in [1.29, 1.82) is 0 Å². The molecule has 0 bridgehead atoms. The van der Waals surface area contributed by atoms with Crippen molar-refractivity contribution >= 4 is 26.0 Å². The molecule has 0 amide bonds. The molecule has 0 aliphatic rings. The van der Waals surface area contributed by atoms with Gasteiger partial charge in [-0.05, 0) is 36.8 Å². The lowest BCUT2D eigenvalue weighted by Gasteiger charge is -2.15. The molecule has 0 aromatic heterocycles. The van der Waals surface area contributed by atoms with Crippen LogP contribution in [0.4, 0.5) is 8.78 Å². The van der Waals surface area contributed by atoms with Crippen molar-refractivity contribution in [3.63, 3.8) is 0 Å². The van der Waals surface area contributed by atoms with E-state index < -0.39 is 32.6 Å². The second kappa shape index (κ2) is 6.21. The van der Waals surface area contributed by atoms with Crippen LogP contribution in [0.25, 0.3) is 0 Å². The minimum atomic E-state index is -4.07. The summed E-state index contributed by atoms with van der Waals surface area (Å²) in [6, 6.07) is 8.85. The summed E-state index contributed by atoms with van der Waals surface area (Å²) in [4.78, 5) is -0.576. The summed E-state index contributed by atoms with van der Waals surface area (Å²) in [5, 5.41) is 0. The van der Waals surface area contributed by atoms with E-state index in [2.05, 4.69) is 20.7 Å². The average Bonchev–Trinajstić information content (AvgIpc) is 2.38. The van der Waals surface area contributed by atoms with Gasteiger partial charge in [0.1, 0.15) is 16.5 Å². The van der Waals surface area contributed by atoms with E-state index in [4.69, 9.17) is 0 Å². The van der Waals surface area contributed by atoms with Crippen molar-refractivity contribution in [3.8, 4) is 0 Å². The molecule has 0 spiro atoms. The monoisotopic (exact) mass is 375 g/mol. The van der Waals surface area contributed by atoms with Crippen LogP contribution in [0.15, 0.2) is 51.8 Å². The van der Waals surface area contributed by atoms with Crippen molar-refractivity contribution in [2.75, 3.05) is 0 Å². The number of sulfonamides is 1. The normalized spacial score (nSPS) is 13.1. The lowest BCUT2D eigenvalue weighted by Crippen LogP contribution is -2.27. The van der Waals surface area contributed by atoms with Crippen molar-refractivity contribution in [3.05, 3.63) is 64.1 Å². The molecule has 3 nitrogen and oxygen atoms in total. The molecule has 0 aliphatic carbocycles. The number of nitrogens with one attached hydrogen (secondary N) is 1. The number of hydrogen-bond donors (Lipinski definition) is 1. The first-order valence-corrected chi connectivity index (χ1v) is 8.30. The molecule has 1 atom stereocenters. The summed E-state index contributed by atoms with van der Waals surface area (Å²) in [5.74, 6) is -1.95.